The Bertz CT molecular complexity index is 3440. The molecule has 0 spiro atoms. The van der Waals surface area contributed by atoms with Crippen molar-refractivity contribution in [1.82, 2.24) is 4.57 Å². The van der Waals surface area contributed by atoms with Crippen molar-refractivity contribution in [3.05, 3.63) is 206 Å². The van der Waals surface area contributed by atoms with Gasteiger partial charge in [0.25, 0.3) is 0 Å². The van der Waals surface area contributed by atoms with E-state index in [0.29, 0.717) is 0 Å². The van der Waals surface area contributed by atoms with Crippen LogP contribution in [0.4, 0.5) is 17.1 Å². The zero-order valence-corrected chi connectivity index (χ0v) is 30.5. The zero-order chi connectivity index (χ0) is 36.7. The largest absolute Gasteiger partial charge is 0.310 e. The summed E-state index contributed by atoms with van der Waals surface area (Å²) in [6.07, 6.45) is 0. The molecule has 0 atom stereocenters. The molecule has 0 amide bonds. The molecule has 0 radical (unpaired) electrons. The number of rotatable bonds is 5. The lowest BCUT2D eigenvalue weighted by atomic mass is 9.92. The van der Waals surface area contributed by atoms with E-state index in [0.717, 1.165) is 17.1 Å². The maximum Gasteiger partial charge on any atom is 0.0553 e. The van der Waals surface area contributed by atoms with Crippen LogP contribution in [0, 0.1) is 0 Å². The minimum Gasteiger partial charge on any atom is -0.310 e. The summed E-state index contributed by atoms with van der Waals surface area (Å²) in [6, 6.07) is 75.7. The van der Waals surface area contributed by atoms with E-state index in [9.17, 15) is 0 Å². The first-order valence-corrected chi connectivity index (χ1v) is 19.3. The Morgan fingerprint density at radius 1 is 0.304 bits per heavy atom. The van der Waals surface area contributed by atoms with Gasteiger partial charge in [0.15, 0.2) is 0 Å². The van der Waals surface area contributed by atoms with Crippen molar-refractivity contribution in [3.8, 4) is 16.8 Å². The van der Waals surface area contributed by atoms with Crippen LogP contribution in [0.3, 0.4) is 0 Å². The molecule has 0 bridgehead atoms. The second kappa shape index (κ2) is 12.0. The zero-order valence-electron chi connectivity index (χ0n) is 30.5. The number of benzene rings is 11. The number of nitrogens with zero attached hydrogens (tertiary/aromatic N) is 2. The average Bonchev–Trinajstić information content (AvgIpc) is 3.59. The lowest BCUT2D eigenvalue weighted by Gasteiger charge is -2.27. The van der Waals surface area contributed by atoms with Crippen LogP contribution < -0.4 is 4.90 Å². The summed E-state index contributed by atoms with van der Waals surface area (Å²) in [4.78, 5) is 2.37. The highest BCUT2D eigenvalue weighted by atomic mass is 15.1. The van der Waals surface area contributed by atoms with Gasteiger partial charge < -0.3 is 9.47 Å². The fourth-order valence-electron chi connectivity index (χ4n) is 9.37. The third-order valence-corrected chi connectivity index (χ3v) is 11.9. The molecule has 0 aliphatic carbocycles. The van der Waals surface area contributed by atoms with Crippen LogP contribution in [0.15, 0.2) is 206 Å². The molecule has 12 rings (SSSR count). The SMILES string of the molecule is c1ccc(N(c2ccc(-c3ccc4c5c6ccc7cccc8ccc(cc5n(-c5cccc9ccccc59)c4c3)c6c87)cc2)c2cccc3ccccc23)cc1. The molecular formula is C54H34N2. The van der Waals surface area contributed by atoms with Gasteiger partial charge in [-0.25, -0.2) is 0 Å². The van der Waals surface area contributed by atoms with E-state index in [1.165, 1.54) is 92.5 Å². The third kappa shape index (κ3) is 4.57. The predicted molar refractivity (Wildman–Crippen MR) is 240 cm³/mol. The molecule has 2 heteroatoms. The Morgan fingerprint density at radius 3 is 1.71 bits per heavy atom. The molecule has 0 fully saturated rings. The first-order valence-electron chi connectivity index (χ1n) is 19.3. The fourth-order valence-corrected chi connectivity index (χ4v) is 9.37. The molecule has 2 nitrogen and oxygen atoms in total. The van der Waals surface area contributed by atoms with Gasteiger partial charge in [-0.2, -0.15) is 0 Å². The summed E-state index contributed by atoms with van der Waals surface area (Å²) in [5.41, 5.74) is 9.39. The number of hydrogen-bond donors (Lipinski definition) is 0. The topological polar surface area (TPSA) is 8.17 Å². The first-order chi connectivity index (χ1) is 27.8. The van der Waals surface area contributed by atoms with Crippen LogP contribution in [0.5, 0.6) is 0 Å². The normalized spacial score (nSPS) is 11.9. The summed E-state index contributed by atoms with van der Waals surface area (Å²) in [5, 5.41) is 15.3. The Kier molecular flexibility index (Phi) is 6.66. The molecule has 0 N–H and O–H groups in total. The van der Waals surface area contributed by atoms with Gasteiger partial charge in [-0.15, -0.1) is 0 Å². The fraction of sp³-hybridized carbons (Fsp3) is 0. The molecule has 260 valence electrons. The van der Waals surface area contributed by atoms with Gasteiger partial charge >= 0.3 is 0 Å². The smallest absolute Gasteiger partial charge is 0.0553 e. The average molecular weight is 711 g/mol. The molecule has 0 saturated heterocycles. The monoisotopic (exact) mass is 710 g/mol. The van der Waals surface area contributed by atoms with Crippen molar-refractivity contribution in [2.75, 3.05) is 4.90 Å². The van der Waals surface area contributed by atoms with Gasteiger partial charge in [0.05, 0.1) is 22.4 Å². The van der Waals surface area contributed by atoms with Crippen molar-refractivity contribution >= 4 is 92.7 Å². The number of anilines is 3. The molecular weight excluding hydrogens is 677 g/mol. The second-order valence-corrected chi connectivity index (χ2v) is 14.9. The van der Waals surface area contributed by atoms with Gasteiger partial charge in [0, 0.05) is 32.9 Å². The molecule has 0 aliphatic heterocycles. The molecule has 11 aromatic carbocycles. The summed E-state index contributed by atoms with van der Waals surface area (Å²) in [7, 11) is 0. The quantitative estimate of drug-likeness (QED) is 0.161. The van der Waals surface area contributed by atoms with Crippen LogP contribution in [0.1, 0.15) is 0 Å². The van der Waals surface area contributed by atoms with Gasteiger partial charge in [-0.3, -0.25) is 0 Å². The number of para-hydroxylation sites is 1. The summed E-state index contributed by atoms with van der Waals surface area (Å²) in [5.74, 6) is 0. The van der Waals surface area contributed by atoms with E-state index in [1.807, 2.05) is 0 Å². The molecule has 1 aromatic heterocycles. The first kappa shape index (κ1) is 31.0. The summed E-state index contributed by atoms with van der Waals surface area (Å²) in [6.45, 7) is 0. The van der Waals surface area contributed by atoms with E-state index in [-0.39, 0.29) is 0 Å². The Balaban J connectivity index is 1.08. The molecule has 1 heterocycles. The van der Waals surface area contributed by atoms with Gasteiger partial charge in [0.2, 0.25) is 0 Å². The van der Waals surface area contributed by atoms with Crippen LogP contribution in [0.2, 0.25) is 0 Å². The van der Waals surface area contributed by atoms with E-state index in [1.54, 1.807) is 0 Å². The summed E-state index contributed by atoms with van der Waals surface area (Å²) < 4.78 is 2.51. The standard InChI is InChI=1S/C54H34N2/c1-2-17-42(18-3-1)55(48-21-9-13-36-11-4-6-19-44(36)48)43-29-25-35(26-30-43)40-28-31-46-50(33-40)56(49-22-10-14-37-12-5-7-20-45(37)49)51-34-41-24-23-38-15-8-16-39-27-32-47(54(46)51)53(41)52(38)39/h1-34H. The van der Waals surface area contributed by atoms with Crippen molar-refractivity contribution in [1.29, 1.82) is 0 Å². The molecule has 0 saturated carbocycles. The number of aromatic nitrogens is 1. The lowest BCUT2D eigenvalue weighted by molar-refractivity contribution is 1.20. The predicted octanol–water partition coefficient (Wildman–Crippen LogP) is 15.1. The highest BCUT2D eigenvalue weighted by Gasteiger charge is 2.21. The lowest BCUT2D eigenvalue weighted by Crippen LogP contribution is -2.10. The van der Waals surface area contributed by atoms with E-state index < -0.39 is 0 Å². The summed E-state index contributed by atoms with van der Waals surface area (Å²) >= 11 is 0. The van der Waals surface area contributed by atoms with Crippen molar-refractivity contribution < 1.29 is 0 Å². The highest BCUT2D eigenvalue weighted by Crippen LogP contribution is 2.45. The van der Waals surface area contributed by atoms with Gasteiger partial charge in [-0.05, 0) is 103 Å². The maximum absolute atomic E-state index is 2.51. The molecule has 56 heavy (non-hydrogen) atoms. The minimum atomic E-state index is 1.12. The Hall–Kier alpha value is -7.42. The van der Waals surface area contributed by atoms with Crippen LogP contribution >= 0.6 is 0 Å². The van der Waals surface area contributed by atoms with Crippen LogP contribution in [-0.2, 0) is 0 Å². The molecule has 0 unspecified atom stereocenters. The van der Waals surface area contributed by atoms with Crippen molar-refractivity contribution in [3.63, 3.8) is 0 Å². The second-order valence-electron chi connectivity index (χ2n) is 14.9. The number of fused-ring (bicyclic) bond motifs is 6. The third-order valence-electron chi connectivity index (χ3n) is 11.9. The van der Waals surface area contributed by atoms with E-state index >= 15 is 0 Å². The molecule has 0 aliphatic rings. The maximum atomic E-state index is 2.51. The van der Waals surface area contributed by atoms with Gasteiger partial charge in [0.1, 0.15) is 0 Å². The molecule has 12 aromatic rings. The van der Waals surface area contributed by atoms with Crippen molar-refractivity contribution in [2.45, 2.75) is 0 Å². The minimum absolute atomic E-state index is 1.12. The number of hydrogen-bond acceptors (Lipinski definition) is 1. The van der Waals surface area contributed by atoms with Gasteiger partial charge in [-0.1, -0.05) is 158 Å². The van der Waals surface area contributed by atoms with Crippen molar-refractivity contribution in [2.24, 2.45) is 0 Å². The van der Waals surface area contributed by atoms with E-state index in [2.05, 4.69) is 216 Å². The Labute approximate surface area is 324 Å². The van der Waals surface area contributed by atoms with Crippen LogP contribution in [-0.4, -0.2) is 4.57 Å². The van der Waals surface area contributed by atoms with Crippen LogP contribution in [0.25, 0.3) is 92.5 Å². The highest BCUT2D eigenvalue weighted by molar-refractivity contribution is 6.33. The van der Waals surface area contributed by atoms with E-state index in [4.69, 9.17) is 0 Å². The Morgan fingerprint density at radius 2 is 0.893 bits per heavy atom.